The lowest BCUT2D eigenvalue weighted by Gasteiger charge is -2.23. The first-order chi connectivity index (χ1) is 10.7. The van der Waals surface area contributed by atoms with Crippen molar-refractivity contribution in [1.82, 2.24) is 14.7 Å². The summed E-state index contributed by atoms with van der Waals surface area (Å²) in [5, 5.41) is 8.28. The molecule has 0 saturated carbocycles. The van der Waals surface area contributed by atoms with Crippen LogP contribution in [0.3, 0.4) is 0 Å². The molecule has 0 atom stereocenters. The fourth-order valence-electron chi connectivity index (χ4n) is 2.95. The van der Waals surface area contributed by atoms with Gasteiger partial charge in [0.05, 0.1) is 13.2 Å². The van der Waals surface area contributed by atoms with E-state index in [2.05, 4.69) is 53.1 Å². The quantitative estimate of drug-likeness (QED) is 0.921. The van der Waals surface area contributed by atoms with E-state index < -0.39 is 0 Å². The molecule has 1 N–H and O–H groups in total. The molecule has 0 unspecified atom stereocenters. The number of hydrogen-bond acceptors (Lipinski definition) is 4. The summed E-state index contributed by atoms with van der Waals surface area (Å²) >= 11 is 0. The highest BCUT2D eigenvalue weighted by atomic mass is 16.5. The number of aryl methyl sites for hydroxylation is 1. The third-order valence-electron chi connectivity index (χ3n) is 4.11. The lowest BCUT2D eigenvalue weighted by molar-refractivity contribution is 0.181. The number of nitrogens with one attached hydrogen (secondary N) is 1. The van der Waals surface area contributed by atoms with Crippen molar-refractivity contribution in [2.45, 2.75) is 26.4 Å². The van der Waals surface area contributed by atoms with Gasteiger partial charge in [0.1, 0.15) is 0 Å². The van der Waals surface area contributed by atoms with Crippen LogP contribution in [0.5, 0.6) is 0 Å². The van der Waals surface area contributed by atoms with Crippen molar-refractivity contribution in [2.24, 2.45) is 0 Å². The van der Waals surface area contributed by atoms with Gasteiger partial charge in [-0.2, -0.15) is 5.10 Å². The molecule has 0 fully saturated rings. The first-order valence-electron chi connectivity index (χ1n) is 7.77. The fourth-order valence-corrected chi connectivity index (χ4v) is 2.95. The molecule has 0 bridgehead atoms. The van der Waals surface area contributed by atoms with Gasteiger partial charge in [0.15, 0.2) is 5.82 Å². The van der Waals surface area contributed by atoms with Crippen LogP contribution in [0.25, 0.3) is 0 Å². The minimum absolute atomic E-state index is 0.688. The van der Waals surface area contributed by atoms with E-state index in [1.54, 1.807) is 7.11 Å². The zero-order chi connectivity index (χ0) is 15.5. The summed E-state index contributed by atoms with van der Waals surface area (Å²) < 4.78 is 7.31. The van der Waals surface area contributed by atoms with Crippen LogP contribution in [0.1, 0.15) is 16.8 Å². The van der Waals surface area contributed by atoms with Crippen LogP contribution in [0.15, 0.2) is 24.3 Å². The number of ether oxygens (including phenoxy) is 1. The van der Waals surface area contributed by atoms with Crippen LogP contribution >= 0.6 is 0 Å². The van der Waals surface area contributed by atoms with Gasteiger partial charge in [-0.05, 0) is 31.7 Å². The van der Waals surface area contributed by atoms with Crippen LogP contribution in [0, 0.1) is 6.92 Å². The van der Waals surface area contributed by atoms with Gasteiger partial charge in [-0.3, -0.25) is 4.68 Å². The predicted octanol–water partition coefficient (Wildman–Crippen LogP) is 2.57. The van der Waals surface area contributed by atoms with Gasteiger partial charge in [0.25, 0.3) is 0 Å². The van der Waals surface area contributed by atoms with E-state index in [9.17, 15) is 0 Å². The summed E-state index contributed by atoms with van der Waals surface area (Å²) in [6.45, 7) is 5.61. The Labute approximate surface area is 131 Å². The normalized spacial score (nSPS) is 14.9. The summed E-state index contributed by atoms with van der Waals surface area (Å²) in [4.78, 5) is 2.34. The average Bonchev–Trinajstić information content (AvgIpc) is 2.82. The van der Waals surface area contributed by atoms with E-state index in [1.807, 2.05) is 0 Å². The molecule has 2 aromatic rings. The second kappa shape index (κ2) is 6.50. The number of likely N-dealkylation sites (N-methyl/N-ethyl adjacent to an activating group) is 1. The first kappa shape index (κ1) is 15.1. The predicted molar refractivity (Wildman–Crippen MR) is 88.6 cm³/mol. The Kier molecular flexibility index (Phi) is 4.45. The zero-order valence-electron chi connectivity index (χ0n) is 13.6. The molecule has 0 radical (unpaired) electrons. The van der Waals surface area contributed by atoms with Crippen molar-refractivity contribution < 1.29 is 4.74 Å². The molecule has 1 aromatic heterocycles. The van der Waals surface area contributed by atoms with Crippen LogP contribution in [0.2, 0.25) is 0 Å². The summed E-state index contributed by atoms with van der Waals surface area (Å²) in [7, 11) is 3.89. The largest absolute Gasteiger partial charge is 0.383 e. The molecular weight excluding hydrogens is 276 g/mol. The van der Waals surface area contributed by atoms with Crippen molar-refractivity contribution in [2.75, 3.05) is 32.6 Å². The van der Waals surface area contributed by atoms with Gasteiger partial charge in [-0.25, -0.2) is 0 Å². The highest BCUT2D eigenvalue weighted by molar-refractivity contribution is 5.61. The summed E-state index contributed by atoms with van der Waals surface area (Å²) in [5.74, 6) is 0.975. The SMILES string of the molecule is COCCn1nc(Nc2cccc(C)c2)c2c1CCN(C)C2. The van der Waals surface area contributed by atoms with Crippen LogP contribution in [-0.2, 0) is 24.2 Å². The molecule has 1 aliphatic heterocycles. The number of benzene rings is 1. The Morgan fingerprint density at radius 2 is 2.23 bits per heavy atom. The second-order valence-electron chi connectivity index (χ2n) is 5.97. The third kappa shape index (κ3) is 3.15. The second-order valence-corrected chi connectivity index (χ2v) is 5.97. The Morgan fingerprint density at radius 1 is 1.36 bits per heavy atom. The zero-order valence-corrected chi connectivity index (χ0v) is 13.6. The Bertz CT molecular complexity index is 650. The monoisotopic (exact) mass is 300 g/mol. The highest BCUT2D eigenvalue weighted by Gasteiger charge is 2.23. The number of rotatable bonds is 5. The number of fused-ring (bicyclic) bond motifs is 1. The summed E-state index contributed by atoms with van der Waals surface area (Å²) in [6.07, 6.45) is 1.04. The van der Waals surface area contributed by atoms with E-state index in [0.717, 1.165) is 37.6 Å². The molecule has 0 spiro atoms. The van der Waals surface area contributed by atoms with E-state index in [0.29, 0.717) is 6.61 Å². The minimum atomic E-state index is 0.688. The summed E-state index contributed by atoms with van der Waals surface area (Å²) in [6, 6.07) is 8.40. The number of nitrogens with zero attached hydrogens (tertiary/aromatic N) is 3. The summed E-state index contributed by atoms with van der Waals surface area (Å²) in [5.41, 5.74) is 4.99. The Hall–Kier alpha value is -1.85. The molecular formula is C17H24N4O. The minimum Gasteiger partial charge on any atom is -0.383 e. The number of hydrogen-bond donors (Lipinski definition) is 1. The Morgan fingerprint density at radius 3 is 3.00 bits per heavy atom. The van der Waals surface area contributed by atoms with Crippen molar-refractivity contribution in [1.29, 1.82) is 0 Å². The van der Waals surface area contributed by atoms with Gasteiger partial charge in [0, 0.05) is 43.6 Å². The maximum Gasteiger partial charge on any atom is 0.157 e. The fraction of sp³-hybridized carbons (Fsp3) is 0.471. The number of anilines is 2. The molecule has 5 heteroatoms. The van der Waals surface area contributed by atoms with Crippen molar-refractivity contribution >= 4 is 11.5 Å². The molecule has 3 rings (SSSR count). The van der Waals surface area contributed by atoms with Gasteiger partial charge < -0.3 is 15.0 Å². The first-order valence-corrected chi connectivity index (χ1v) is 7.77. The molecule has 0 amide bonds. The molecule has 1 aliphatic rings. The van der Waals surface area contributed by atoms with E-state index in [4.69, 9.17) is 9.84 Å². The highest BCUT2D eigenvalue weighted by Crippen LogP contribution is 2.28. The molecule has 0 saturated heterocycles. The molecule has 1 aromatic carbocycles. The Balaban J connectivity index is 1.91. The molecule has 5 nitrogen and oxygen atoms in total. The topological polar surface area (TPSA) is 42.3 Å². The van der Waals surface area contributed by atoms with Crippen molar-refractivity contribution in [3.05, 3.63) is 41.1 Å². The molecule has 118 valence electrons. The smallest absolute Gasteiger partial charge is 0.157 e. The van der Waals surface area contributed by atoms with E-state index >= 15 is 0 Å². The van der Waals surface area contributed by atoms with Gasteiger partial charge in [0.2, 0.25) is 0 Å². The van der Waals surface area contributed by atoms with Crippen molar-refractivity contribution in [3.63, 3.8) is 0 Å². The van der Waals surface area contributed by atoms with Crippen LogP contribution in [0.4, 0.5) is 11.5 Å². The number of methoxy groups -OCH3 is 1. The lowest BCUT2D eigenvalue weighted by Crippen LogP contribution is -2.28. The molecule has 2 heterocycles. The van der Waals surface area contributed by atoms with E-state index in [-0.39, 0.29) is 0 Å². The van der Waals surface area contributed by atoms with Crippen molar-refractivity contribution in [3.8, 4) is 0 Å². The average molecular weight is 300 g/mol. The standard InChI is InChI=1S/C17H24N4O/c1-13-5-4-6-14(11-13)18-17-15-12-20(2)8-7-16(15)21(19-17)9-10-22-3/h4-6,11H,7-10,12H2,1-3H3,(H,18,19). The van der Waals surface area contributed by atoms with Gasteiger partial charge in [-0.1, -0.05) is 12.1 Å². The van der Waals surface area contributed by atoms with E-state index in [1.165, 1.54) is 16.8 Å². The van der Waals surface area contributed by atoms with Crippen LogP contribution < -0.4 is 5.32 Å². The van der Waals surface area contributed by atoms with Gasteiger partial charge >= 0.3 is 0 Å². The lowest BCUT2D eigenvalue weighted by atomic mass is 10.1. The maximum absolute atomic E-state index is 5.21. The molecule has 0 aliphatic carbocycles. The van der Waals surface area contributed by atoms with Gasteiger partial charge in [-0.15, -0.1) is 0 Å². The van der Waals surface area contributed by atoms with Crippen LogP contribution in [-0.4, -0.2) is 42.0 Å². The number of aromatic nitrogens is 2. The maximum atomic E-state index is 5.21. The third-order valence-corrected chi connectivity index (χ3v) is 4.11. The molecule has 22 heavy (non-hydrogen) atoms.